The van der Waals surface area contributed by atoms with Gasteiger partial charge in [0.05, 0.1) is 15.8 Å². The minimum absolute atomic E-state index is 0.0742. The molecule has 2 aromatic rings. The second kappa shape index (κ2) is 7.53. The zero-order chi connectivity index (χ0) is 14.4. The number of hydrogen-bond acceptors (Lipinski definition) is 3. The van der Waals surface area contributed by atoms with Crippen LogP contribution in [-0.2, 0) is 11.3 Å². The minimum atomic E-state index is -0.0742. The molecule has 1 N–H and O–H groups in total. The first-order valence-electron chi connectivity index (χ1n) is 5.89. The van der Waals surface area contributed by atoms with Gasteiger partial charge < -0.3 is 5.32 Å². The molecule has 0 aliphatic rings. The Labute approximate surface area is 131 Å². The third kappa shape index (κ3) is 4.40. The van der Waals surface area contributed by atoms with Crippen molar-refractivity contribution in [2.24, 2.45) is 0 Å². The lowest BCUT2D eigenvalue weighted by molar-refractivity contribution is -0.118. The van der Waals surface area contributed by atoms with Crippen LogP contribution in [-0.4, -0.2) is 16.6 Å². The number of nitrogens with zero attached hydrogens (tertiary/aromatic N) is 1. The third-order valence-electron chi connectivity index (χ3n) is 2.48. The molecule has 1 aromatic carbocycles. The smallest absolute Gasteiger partial charge is 0.230 e. The molecule has 0 spiro atoms. The van der Waals surface area contributed by atoms with Gasteiger partial charge in [-0.05, 0) is 23.8 Å². The molecule has 0 unspecified atom stereocenters. The minimum Gasteiger partial charge on any atom is -0.351 e. The van der Waals surface area contributed by atoms with Crippen molar-refractivity contribution in [3.05, 3.63) is 58.3 Å². The van der Waals surface area contributed by atoms with Crippen LogP contribution in [0.15, 0.2) is 47.6 Å². The van der Waals surface area contributed by atoms with Gasteiger partial charge >= 0.3 is 0 Å². The summed E-state index contributed by atoms with van der Waals surface area (Å²) in [7, 11) is 0. The number of amides is 1. The molecule has 0 aliphatic carbocycles. The van der Waals surface area contributed by atoms with Crippen molar-refractivity contribution in [2.75, 3.05) is 5.75 Å². The standard InChI is InChI=1S/C14H12Cl2N2OS/c15-11-4-1-5-12(16)14(11)20-9-13(19)18-8-10-3-2-6-17-7-10/h1-7H,8-9H2,(H,18,19). The molecule has 0 saturated heterocycles. The quantitative estimate of drug-likeness (QED) is 0.850. The average Bonchev–Trinajstić information content (AvgIpc) is 2.46. The Bertz CT molecular complexity index is 573. The van der Waals surface area contributed by atoms with E-state index in [0.29, 0.717) is 16.6 Å². The number of carbonyl (C=O) groups excluding carboxylic acids is 1. The van der Waals surface area contributed by atoms with Gasteiger partial charge in [-0.15, -0.1) is 11.8 Å². The van der Waals surface area contributed by atoms with Crippen LogP contribution in [0.25, 0.3) is 0 Å². The fourth-order valence-corrected chi connectivity index (χ4v) is 3.03. The Morgan fingerprint density at radius 1 is 1.20 bits per heavy atom. The molecular weight excluding hydrogens is 315 g/mol. The highest BCUT2D eigenvalue weighted by Crippen LogP contribution is 2.33. The van der Waals surface area contributed by atoms with E-state index in [1.165, 1.54) is 11.8 Å². The van der Waals surface area contributed by atoms with E-state index in [2.05, 4.69) is 10.3 Å². The number of aromatic nitrogens is 1. The van der Waals surface area contributed by atoms with Crippen molar-refractivity contribution in [2.45, 2.75) is 11.4 Å². The molecule has 1 amide bonds. The maximum absolute atomic E-state index is 11.8. The van der Waals surface area contributed by atoms with Crippen molar-refractivity contribution in [1.29, 1.82) is 0 Å². The monoisotopic (exact) mass is 326 g/mol. The van der Waals surface area contributed by atoms with E-state index in [0.717, 1.165) is 10.5 Å². The summed E-state index contributed by atoms with van der Waals surface area (Å²) in [6.45, 7) is 0.462. The summed E-state index contributed by atoms with van der Waals surface area (Å²) >= 11 is 13.4. The summed E-state index contributed by atoms with van der Waals surface area (Å²) in [5.41, 5.74) is 0.960. The summed E-state index contributed by atoms with van der Waals surface area (Å²) in [6, 6.07) is 9.02. The van der Waals surface area contributed by atoms with Crippen molar-refractivity contribution in [1.82, 2.24) is 10.3 Å². The van der Waals surface area contributed by atoms with Crippen molar-refractivity contribution < 1.29 is 4.79 Å². The van der Waals surface area contributed by atoms with Gasteiger partial charge in [0.25, 0.3) is 0 Å². The van der Waals surface area contributed by atoms with Gasteiger partial charge in [-0.3, -0.25) is 9.78 Å². The van der Waals surface area contributed by atoms with Gasteiger partial charge in [0.1, 0.15) is 0 Å². The summed E-state index contributed by atoms with van der Waals surface area (Å²) in [6.07, 6.45) is 3.42. The fraction of sp³-hybridized carbons (Fsp3) is 0.143. The largest absolute Gasteiger partial charge is 0.351 e. The maximum atomic E-state index is 11.8. The Balaban J connectivity index is 1.84. The highest BCUT2D eigenvalue weighted by Gasteiger charge is 2.09. The fourth-order valence-electron chi connectivity index (χ4n) is 1.51. The van der Waals surface area contributed by atoms with Crippen LogP contribution in [0.2, 0.25) is 10.0 Å². The first kappa shape index (κ1) is 15.2. The Hall–Kier alpha value is -1.23. The van der Waals surface area contributed by atoms with E-state index in [9.17, 15) is 4.79 Å². The van der Waals surface area contributed by atoms with Crippen LogP contribution in [0.1, 0.15) is 5.56 Å². The predicted octanol–water partition coefficient (Wildman–Crippen LogP) is 3.80. The molecule has 0 atom stereocenters. The van der Waals surface area contributed by atoms with E-state index in [1.807, 2.05) is 12.1 Å². The number of pyridine rings is 1. The van der Waals surface area contributed by atoms with Crippen molar-refractivity contribution in [3.63, 3.8) is 0 Å². The topological polar surface area (TPSA) is 42.0 Å². The van der Waals surface area contributed by atoms with Crippen LogP contribution in [0.5, 0.6) is 0 Å². The molecule has 3 nitrogen and oxygen atoms in total. The van der Waals surface area contributed by atoms with Crippen LogP contribution in [0, 0.1) is 0 Å². The normalized spacial score (nSPS) is 10.3. The molecule has 2 rings (SSSR count). The number of thioether (sulfide) groups is 1. The first-order chi connectivity index (χ1) is 9.66. The van der Waals surface area contributed by atoms with Gasteiger partial charge in [0, 0.05) is 23.8 Å². The molecule has 6 heteroatoms. The molecule has 0 saturated carbocycles. The third-order valence-corrected chi connectivity index (χ3v) is 4.47. The Morgan fingerprint density at radius 2 is 1.95 bits per heavy atom. The van der Waals surface area contributed by atoms with Gasteiger partial charge in [0.2, 0.25) is 5.91 Å². The van der Waals surface area contributed by atoms with E-state index in [-0.39, 0.29) is 11.7 Å². The SMILES string of the molecule is O=C(CSc1c(Cl)cccc1Cl)NCc1cccnc1. The van der Waals surface area contributed by atoms with Gasteiger partial charge in [-0.1, -0.05) is 35.3 Å². The molecule has 20 heavy (non-hydrogen) atoms. The average molecular weight is 327 g/mol. The molecule has 0 fully saturated rings. The molecular formula is C14H12Cl2N2OS. The molecule has 0 radical (unpaired) electrons. The van der Waals surface area contributed by atoms with Gasteiger partial charge in [-0.2, -0.15) is 0 Å². The molecule has 0 aliphatic heterocycles. The summed E-state index contributed by atoms with van der Waals surface area (Å²) in [5.74, 6) is 0.193. The second-order valence-electron chi connectivity index (χ2n) is 3.98. The molecule has 0 bridgehead atoms. The first-order valence-corrected chi connectivity index (χ1v) is 7.63. The highest BCUT2D eigenvalue weighted by atomic mass is 35.5. The van der Waals surface area contributed by atoms with Crippen LogP contribution < -0.4 is 5.32 Å². The van der Waals surface area contributed by atoms with E-state index < -0.39 is 0 Å². The van der Waals surface area contributed by atoms with Crippen molar-refractivity contribution in [3.8, 4) is 0 Å². The Kier molecular flexibility index (Phi) is 5.71. The lowest BCUT2D eigenvalue weighted by Gasteiger charge is -2.07. The number of carbonyl (C=O) groups is 1. The van der Waals surface area contributed by atoms with Crippen LogP contribution in [0.3, 0.4) is 0 Å². The summed E-state index contributed by atoms with van der Waals surface area (Å²) in [4.78, 5) is 16.5. The number of hydrogen-bond donors (Lipinski definition) is 1. The van der Waals surface area contributed by atoms with E-state index >= 15 is 0 Å². The lowest BCUT2D eigenvalue weighted by atomic mass is 10.3. The highest BCUT2D eigenvalue weighted by molar-refractivity contribution is 8.00. The van der Waals surface area contributed by atoms with Crippen molar-refractivity contribution >= 4 is 40.9 Å². The van der Waals surface area contributed by atoms with Gasteiger partial charge in [0.15, 0.2) is 0 Å². The predicted molar refractivity (Wildman–Crippen MR) is 83.3 cm³/mol. The zero-order valence-electron chi connectivity index (χ0n) is 10.5. The van der Waals surface area contributed by atoms with Crippen LogP contribution >= 0.6 is 35.0 Å². The number of nitrogens with one attached hydrogen (secondary N) is 1. The maximum Gasteiger partial charge on any atom is 0.230 e. The molecule has 104 valence electrons. The van der Waals surface area contributed by atoms with E-state index in [4.69, 9.17) is 23.2 Å². The number of benzene rings is 1. The molecule has 1 heterocycles. The second-order valence-corrected chi connectivity index (χ2v) is 5.78. The summed E-state index contributed by atoms with van der Waals surface area (Å²) in [5, 5.41) is 3.94. The number of halogens is 2. The van der Waals surface area contributed by atoms with E-state index in [1.54, 1.807) is 30.6 Å². The van der Waals surface area contributed by atoms with Crippen LogP contribution in [0.4, 0.5) is 0 Å². The number of rotatable bonds is 5. The zero-order valence-corrected chi connectivity index (χ0v) is 12.8. The van der Waals surface area contributed by atoms with Gasteiger partial charge in [-0.25, -0.2) is 0 Å². The molecule has 1 aromatic heterocycles. The summed E-state index contributed by atoms with van der Waals surface area (Å²) < 4.78 is 0. The Morgan fingerprint density at radius 3 is 2.60 bits per heavy atom. The lowest BCUT2D eigenvalue weighted by Crippen LogP contribution is -2.24.